The van der Waals surface area contributed by atoms with Crippen molar-refractivity contribution in [2.75, 3.05) is 0 Å². The van der Waals surface area contributed by atoms with Crippen molar-refractivity contribution in [2.45, 2.75) is 19.4 Å². The van der Waals surface area contributed by atoms with E-state index in [4.69, 9.17) is 0 Å². The highest BCUT2D eigenvalue weighted by atomic mass is 16.4. The van der Waals surface area contributed by atoms with Crippen LogP contribution in [-0.2, 0) is 11.2 Å². The summed E-state index contributed by atoms with van der Waals surface area (Å²) in [5.74, 6) is -0.628. The Kier molecular flexibility index (Phi) is 4.29. The molecular weight excluding hydrogens is 306 g/mol. The monoisotopic (exact) mass is 323 g/mol. The Morgan fingerprint density at radius 3 is 2.62 bits per heavy atom. The van der Waals surface area contributed by atoms with Crippen LogP contribution in [0.25, 0.3) is 11.0 Å². The summed E-state index contributed by atoms with van der Waals surface area (Å²) in [6, 6.07) is 13.8. The van der Waals surface area contributed by atoms with Gasteiger partial charge in [0.15, 0.2) is 0 Å². The first kappa shape index (κ1) is 15.7. The highest BCUT2D eigenvalue weighted by Crippen LogP contribution is 2.16. The lowest BCUT2D eigenvalue weighted by Crippen LogP contribution is -2.29. The number of carbonyl (C=O) groups excluding carboxylic acids is 1. The van der Waals surface area contributed by atoms with Crippen molar-refractivity contribution in [3.8, 4) is 0 Å². The van der Waals surface area contributed by atoms with Gasteiger partial charge in [0, 0.05) is 0 Å². The molecule has 3 aromatic rings. The number of rotatable bonds is 5. The normalized spacial score (nSPS) is 12.0. The molecule has 1 amide bonds. The summed E-state index contributed by atoms with van der Waals surface area (Å²) < 4.78 is 0. The predicted molar refractivity (Wildman–Crippen MR) is 89.8 cm³/mol. The maximum absolute atomic E-state index is 12.2. The lowest BCUT2D eigenvalue weighted by molar-refractivity contribution is -0.121. The quantitative estimate of drug-likeness (QED) is 0.673. The SMILES string of the molecule is C[C@@H](NC(=O)Cc1ccccc1C(=O)O)c1nc2ccccc2[nH]1. The number of nitrogens with one attached hydrogen (secondary N) is 2. The van der Waals surface area contributed by atoms with Crippen LogP contribution in [0.15, 0.2) is 48.5 Å². The molecule has 0 unspecified atom stereocenters. The molecule has 24 heavy (non-hydrogen) atoms. The highest BCUT2D eigenvalue weighted by Gasteiger charge is 2.16. The first-order chi connectivity index (χ1) is 11.5. The number of hydrogen-bond acceptors (Lipinski definition) is 3. The summed E-state index contributed by atoms with van der Waals surface area (Å²) in [5, 5.41) is 12.0. The molecule has 1 heterocycles. The van der Waals surface area contributed by atoms with Crippen LogP contribution in [-0.4, -0.2) is 27.0 Å². The third kappa shape index (κ3) is 3.27. The molecule has 2 aromatic carbocycles. The summed E-state index contributed by atoms with van der Waals surface area (Å²) in [5.41, 5.74) is 2.37. The highest BCUT2D eigenvalue weighted by molar-refractivity contribution is 5.91. The number of carboxylic acids is 1. The Hall–Kier alpha value is -3.15. The van der Waals surface area contributed by atoms with E-state index in [2.05, 4.69) is 15.3 Å². The summed E-state index contributed by atoms with van der Waals surface area (Å²) in [4.78, 5) is 31.1. The zero-order valence-corrected chi connectivity index (χ0v) is 13.1. The molecule has 0 saturated carbocycles. The van der Waals surface area contributed by atoms with E-state index in [9.17, 15) is 14.7 Å². The first-order valence-corrected chi connectivity index (χ1v) is 7.60. The van der Waals surface area contributed by atoms with Crippen molar-refractivity contribution in [3.05, 3.63) is 65.5 Å². The van der Waals surface area contributed by atoms with Crippen LogP contribution in [0.5, 0.6) is 0 Å². The topological polar surface area (TPSA) is 95.1 Å². The molecule has 6 heteroatoms. The number of imidazole rings is 1. The molecule has 1 aromatic heterocycles. The van der Waals surface area contributed by atoms with Crippen molar-refractivity contribution < 1.29 is 14.7 Å². The first-order valence-electron chi connectivity index (χ1n) is 7.60. The molecule has 0 bridgehead atoms. The summed E-state index contributed by atoms with van der Waals surface area (Å²) in [6.45, 7) is 1.83. The molecule has 0 aliphatic heterocycles. The minimum atomic E-state index is -1.04. The van der Waals surface area contributed by atoms with Gasteiger partial charge in [-0.1, -0.05) is 30.3 Å². The van der Waals surface area contributed by atoms with Gasteiger partial charge in [0.1, 0.15) is 5.82 Å². The number of H-pyrrole nitrogens is 1. The fourth-order valence-corrected chi connectivity index (χ4v) is 2.59. The van der Waals surface area contributed by atoms with Crippen molar-refractivity contribution in [2.24, 2.45) is 0 Å². The summed E-state index contributed by atoms with van der Waals surface area (Å²) >= 11 is 0. The second-order valence-electron chi connectivity index (χ2n) is 5.57. The van der Waals surface area contributed by atoms with Gasteiger partial charge in [0.05, 0.1) is 29.1 Å². The molecule has 122 valence electrons. The van der Waals surface area contributed by atoms with E-state index in [0.29, 0.717) is 11.4 Å². The molecule has 6 nitrogen and oxygen atoms in total. The van der Waals surface area contributed by atoms with Gasteiger partial charge >= 0.3 is 5.97 Å². The number of carbonyl (C=O) groups is 2. The lowest BCUT2D eigenvalue weighted by atomic mass is 10.0. The Morgan fingerprint density at radius 2 is 1.88 bits per heavy atom. The number of amides is 1. The van der Waals surface area contributed by atoms with Gasteiger partial charge in [0.25, 0.3) is 0 Å². The van der Waals surface area contributed by atoms with Crippen LogP contribution < -0.4 is 5.32 Å². The fraction of sp³-hybridized carbons (Fsp3) is 0.167. The van der Waals surface area contributed by atoms with Gasteiger partial charge in [-0.15, -0.1) is 0 Å². The number of nitrogens with zero attached hydrogens (tertiary/aromatic N) is 1. The molecule has 0 saturated heterocycles. The van der Waals surface area contributed by atoms with E-state index in [1.165, 1.54) is 6.07 Å². The Morgan fingerprint density at radius 1 is 1.17 bits per heavy atom. The lowest BCUT2D eigenvalue weighted by Gasteiger charge is -2.12. The third-order valence-electron chi connectivity index (χ3n) is 3.79. The van der Waals surface area contributed by atoms with Crippen LogP contribution in [0.1, 0.15) is 34.7 Å². The molecule has 3 rings (SSSR count). The smallest absolute Gasteiger partial charge is 0.335 e. The standard InChI is InChI=1S/C18H17N3O3/c1-11(17-20-14-8-4-5-9-15(14)21-17)19-16(22)10-12-6-2-3-7-13(12)18(23)24/h2-9,11H,10H2,1H3,(H,19,22)(H,20,21)(H,23,24)/t11-/m1/s1. The van der Waals surface area contributed by atoms with Crippen LogP contribution in [0.4, 0.5) is 0 Å². The molecule has 0 aliphatic carbocycles. The maximum Gasteiger partial charge on any atom is 0.335 e. The van der Waals surface area contributed by atoms with Crippen molar-refractivity contribution >= 4 is 22.9 Å². The molecule has 1 atom stereocenters. The van der Waals surface area contributed by atoms with Crippen molar-refractivity contribution in [1.29, 1.82) is 0 Å². The minimum Gasteiger partial charge on any atom is -0.478 e. The number of hydrogen-bond donors (Lipinski definition) is 3. The average Bonchev–Trinajstić information content (AvgIpc) is 2.99. The Labute approximate surface area is 138 Å². The number of aromatic amines is 1. The molecule has 0 aliphatic rings. The number of fused-ring (bicyclic) bond motifs is 1. The molecule has 0 fully saturated rings. The zero-order chi connectivity index (χ0) is 17.1. The minimum absolute atomic E-state index is 0.00699. The number of benzene rings is 2. The van der Waals surface area contributed by atoms with E-state index in [-0.39, 0.29) is 23.9 Å². The van der Waals surface area contributed by atoms with Gasteiger partial charge in [0.2, 0.25) is 5.91 Å². The maximum atomic E-state index is 12.2. The zero-order valence-electron chi connectivity index (χ0n) is 13.1. The van der Waals surface area contributed by atoms with E-state index in [1.807, 2.05) is 31.2 Å². The van der Waals surface area contributed by atoms with Crippen molar-refractivity contribution in [3.63, 3.8) is 0 Å². The largest absolute Gasteiger partial charge is 0.478 e. The van der Waals surface area contributed by atoms with E-state index in [0.717, 1.165) is 11.0 Å². The second-order valence-corrected chi connectivity index (χ2v) is 5.57. The molecule has 0 radical (unpaired) electrons. The summed E-state index contributed by atoms with van der Waals surface area (Å²) in [6.07, 6.45) is 0.00699. The number of aromatic nitrogens is 2. The van der Waals surface area contributed by atoms with Gasteiger partial charge in [-0.05, 0) is 30.7 Å². The Balaban J connectivity index is 1.71. The van der Waals surface area contributed by atoms with Crippen LogP contribution >= 0.6 is 0 Å². The van der Waals surface area contributed by atoms with E-state index >= 15 is 0 Å². The van der Waals surface area contributed by atoms with E-state index < -0.39 is 5.97 Å². The molecule has 3 N–H and O–H groups in total. The van der Waals surface area contributed by atoms with Gasteiger partial charge in [-0.2, -0.15) is 0 Å². The Bertz CT molecular complexity index is 868. The third-order valence-corrected chi connectivity index (χ3v) is 3.79. The van der Waals surface area contributed by atoms with Gasteiger partial charge in [-0.25, -0.2) is 9.78 Å². The number of aromatic carboxylic acids is 1. The fourth-order valence-electron chi connectivity index (χ4n) is 2.59. The number of para-hydroxylation sites is 2. The molecular formula is C18H17N3O3. The second kappa shape index (κ2) is 6.54. The van der Waals surface area contributed by atoms with Gasteiger partial charge in [-0.3, -0.25) is 4.79 Å². The van der Waals surface area contributed by atoms with E-state index in [1.54, 1.807) is 18.2 Å². The number of carboxylic acid groups (broad SMARTS) is 1. The predicted octanol–water partition coefficient (Wildman–Crippen LogP) is 2.68. The average molecular weight is 323 g/mol. The van der Waals surface area contributed by atoms with Crippen molar-refractivity contribution in [1.82, 2.24) is 15.3 Å². The summed E-state index contributed by atoms with van der Waals surface area (Å²) in [7, 11) is 0. The van der Waals surface area contributed by atoms with Crippen LogP contribution in [0, 0.1) is 0 Å². The van der Waals surface area contributed by atoms with Crippen LogP contribution in [0.3, 0.4) is 0 Å². The molecule has 0 spiro atoms. The van der Waals surface area contributed by atoms with Gasteiger partial charge < -0.3 is 15.4 Å². The van der Waals surface area contributed by atoms with Crippen LogP contribution in [0.2, 0.25) is 0 Å².